The van der Waals surface area contributed by atoms with E-state index in [4.69, 9.17) is 21.9 Å². The topological polar surface area (TPSA) is 110 Å². The molecule has 2 aromatic heterocycles. The summed E-state index contributed by atoms with van der Waals surface area (Å²) in [6.45, 7) is 3.39. The number of rotatable bonds is 9. The van der Waals surface area contributed by atoms with Gasteiger partial charge in [0, 0.05) is 55.8 Å². The number of carbonyl (C=O) groups is 1. The molecule has 0 radical (unpaired) electrons. The Morgan fingerprint density at radius 1 is 1.07 bits per heavy atom. The van der Waals surface area contributed by atoms with Crippen LogP contribution in [-0.2, 0) is 11.3 Å². The molecule has 1 saturated heterocycles. The lowest BCUT2D eigenvalue weighted by atomic mass is 9.94. The first-order valence-corrected chi connectivity index (χ1v) is 14.9. The number of fused-ring (bicyclic) bond motifs is 1. The molecule has 44 heavy (non-hydrogen) atoms. The van der Waals surface area contributed by atoms with Gasteiger partial charge in [-0.2, -0.15) is 4.98 Å². The van der Waals surface area contributed by atoms with Crippen LogP contribution in [0.25, 0.3) is 22.3 Å². The van der Waals surface area contributed by atoms with Gasteiger partial charge in [0.2, 0.25) is 23.1 Å². The first kappa shape index (κ1) is 29.5. The first-order valence-electron chi connectivity index (χ1n) is 14.5. The van der Waals surface area contributed by atoms with Crippen LogP contribution in [-0.4, -0.2) is 58.7 Å². The molecule has 0 spiro atoms. The van der Waals surface area contributed by atoms with E-state index >= 15 is 4.39 Å². The quantitative estimate of drug-likeness (QED) is 0.248. The van der Waals surface area contributed by atoms with Crippen molar-refractivity contribution >= 4 is 34.1 Å². The number of likely N-dealkylation sites (N-methyl/N-ethyl adjacent to an activating group) is 1. The number of nitrogens with two attached hydrogens (primary N) is 1. The van der Waals surface area contributed by atoms with Crippen molar-refractivity contribution in [2.24, 2.45) is 5.73 Å². The summed E-state index contributed by atoms with van der Waals surface area (Å²) in [5.41, 5.74) is 8.09. The van der Waals surface area contributed by atoms with Gasteiger partial charge in [0.1, 0.15) is 5.82 Å². The second kappa shape index (κ2) is 12.6. The van der Waals surface area contributed by atoms with Crippen LogP contribution in [0.5, 0.6) is 0 Å². The number of nitrogens with zero attached hydrogens (tertiary/aromatic N) is 5. The Labute approximate surface area is 258 Å². The fourth-order valence-electron chi connectivity index (χ4n) is 5.66. The molecule has 1 aliphatic heterocycles. The molecule has 5 aromatic rings. The predicted octanol–water partition coefficient (Wildman–Crippen LogP) is 5.04. The number of halogens is 2. The Morgan fingerprint density at radius 3 is 2.50 bits per heavy atom. The molecule has 0 bridgehead atoms. The number of hydrogen-bond donors (Lipinski definition) is 1. The van der Waals surface area contributed by atoms with E-state index in [-0.39, 0.29) is 29.1 Å². The van der Waals surface area contributed by atoms with E-state index in [9.17, 15) is 9.59 Å². The van der Waals surface area contributed by atoms with Gasteiger partial charge in [0.15, 0.2) is 0 Å². The van der Waals surface area contributed by atoms with Crippen molar-refractivity contribution in [2.75, 3.05) is 38.1 Å². The molecule has 0 saturated carbocycles. The van der Waals surface area contributed by atoms with E-state index in [1.807, 2.05) is 59.0 Å². The van der Waals surface area contributed by atoms with E-state index < -0.39 is 23.1 Å². The summed E-state index contributed by atoms with van der Waals surface area (Å²) < 4.78 is 23.2. The van der Waals surface area contributed by atoms with Crippen molar-refractivity contribution in [3.05, 3.63) is 111 Å². The summed E-state index contributed by atoms with van der Waals surface area (Å²) in [6, 6.07) is 20.0. The summed E-state index contributed by atoms with van der Waals surface area (Å²) in [5, 5.41) is 5.00. The zero-order chi connectivity index (χ0) is 30.8. The predicted molar refractivity (Wildman–Crippen MR) is 168 cm³/mol. The summed E-state index contributed by atoms with van der Waals surface area (Å²) in [7, 11) is 2.04. The van der Waals surface area contributed by atoms with Crippen molar-refractivity contribution in [1.29, 1.82) is 0 Å². The van der Waals surface area contributed by atoms with E-state index in [2.05, 4.69) is 15.0 Å². The lowest BCUT2D eigenvalue weighted by molar-refractivity contribution is -0.118. The minimum Gasteiger partial charge on any atom is -0.370 e. The van der Waals surface area contributed by atoms with Gasteiger partial charge < -0.3 is 24.6 Å². The average Bonchev–Trinajstić information content (AvgIpc) is 3.50. The first-order chi connectivity index (χ1) is 21.3. The number of amides is 1. The van der Waals surface area contributed by atoms with Crippen LogP contribution < -0.4 is 16.1 Å². The van der Waals surface area contributed by atoms with Crippen LogP contribution in [0.1, 0.15) is 35.8 Å². The van der Waals surface area contributed by atoms with Crippen LogP contribution in [0.4, 0.5) is 10.1 Å². The highest BCUT2D eigenvalue weighted by Crippen LogP contribution is 2.31. The van der Waals surface area contributed by atoms with Crippen LogP contribution in [0, 0.1) is 5.82 Å². The highest BCUT2D eigenvalue weighted by atomic mass is 35.5. The molecular formula is C33H32ClFN6O3. The van der Waals surface area contributed by atoms with Gasteiger partial charge >= 0.3 is 0 Å². The van der Waals surface area contributed by atoms with Crippen molar-refractivity contribution < 1.29 is 13.7 Å². The van der Waals surface area contributed by atoms with Gasteiger partial charge in [0.05, 0.1) is 22.7 Å². The Hall–Kier alpha value is -4.54. The molecule has 226 valence electrons. The zero-order valence-corrected chi connectivity index (χ0v) is 25.0. The third-order valence-electron chi connectivity index (χ3n) is 8.12. The number of anilines is 1. The smallest absolute Gasteiger partial charge is 0.234 e. The minimum absolute atomic E-state index is 0.0836. The highest BCUT2D eigenvalue weighted by molar-refractivity contribution is 6.30. The van der Waals surface area contributed by atoms with Crippen molar-refractivity contribution in [3.63, 3.8) is 0 Å². The third-order valence-corrected chi connectivity index (χ3v) is 8.37. The molecule has 1 aliphatic rings. The highest BCUT2D eigenvalue weighted by Gasteiger charge is 2.25. The molecule has 1 atom stereocenters. The fourth-order valence-corrected chi connectivity index (χ4v) is 5.78. The summed E-state index contributed by atoms with van der Waals surface area (Å²) in [5.74, 6) is -0.958. The molecule has 0 aliphatic carbocycles. The summed E-state index contributed by atoms with van der Waals surface area (Å²) in [4.78, 5) is 34.4. The second-order valence-electron chi connectivity index (χ2n) is 11.2. The van der Waals surface area contributed by atoms with E-state index in [1.54, 1.807) is 24.4 Å². The molecule has 9 nitrogen and oxygen atoms in total. The second-order valence-corrected chi connectivity index (χ2v) is 11.6. The third kappa shape index (κ3) is 6.22. The Balaban J connectivity index is 1.46. The fraction of sp³-hybridized carbons (Fsp3) is 0.273. The van der Waals surface area contributed by atoms with Gasteiger partial charge in [-0.1, -0.05) is 59.2 Å². The molecule has 1 unspecified atom stereocenters. The molecule has 3 heterocycles. The van der Waals surface area contributed by atoms with Gasteiger partial charge in [0.25, 0.3) is 0 Å². The lowest BCUT2D eigenvalue weighted by Gasteiger charge is -2.34. The number of pyridine rings is 1. The molecule has 1 fully saturated rings. The van der Waals surface area contributed by atoms with Crippen LogP contribution in [0.3, 0.4) is 0 Å². The molecule has 2 N–H and O–H groups in total. The van der Waals surface area contributed by atoms with E-state index in [0.717, 1.165) is 24.2 Å². The Kier molecular flexibility index (Phi) is 8.45. The zero-order valence-electron chi connectivity index (χ0n) is 24.2. The molecule has 6 rings (SSSR count). The summed E-state index contributed by atoms with van der Waals surface area (Å²) >= 11 is 6.13. The lowest BCUT2D eigenvalue weighted by Crippen LogP contribution is -2.44. The largest absolute Gasteiger partial charge is 0.370 e. The molecule has 11 heteroatoms. The van der Waals surface area contributed by atoms with Crippen molar-refractivity contribution in [1.82, 2.24) is 19.6 Å². The standard InChI is InChI=1S/C33H32ClFN6O3/c1-39-13-15-40(16-14-39)29-18-28-25(17-27(29)35)31(43)26(20-41(28)19-21-7-9-23(34)10-8-21)32-37-33(44-38-32)24(11-12-30(36)42)22-5-3-2-4-6-22/h2-10,17-18,20,24H,11-16,19H2,1H3,(H2,36,42). The summed E-state index contributed by atoms with van der Waals surface area (Å²) in [6.07, 6.45) is 2.18. The van der Waals surface area contributed by atoms with E-state index in [1.165, 1.54) is 6.07 Å². The monoisotopic (exact) mass is 614 g/mol. The van der Waals surface area contributed by atoms with Gasteiger partial charge in [-0.15, -0.1) is 0 Å². The van der Waals surface area contributed by atoms with Crippen molar-refractivity contribution in [3.8, 4) is 11.4 Å². The number of carbonyl (C=O) groups excluding carboxylic acids is 1. The Morgan fingerprint density at radius 2 is 1.80 bits per heavy atom. The minimum atomic E-state index is -0.459. The maximum Gasteiger partial charge on any atom is 0.234 e. The van der Waals surface area contributed by atoms with Crippen LogP contribution >= 0.6 is 11.6 Å². The normalized spacial score (nSPS) is 14.7. The maximum absolute atomic E-state index is 15.7. The number of aromatic nitrogens is 3. The number of piperazine rings is 1. The van der Waals surface area contributed by atoms with Crippen molar-refractivity contribution in [2.45, 2.75) is 25.3 Å². The molecular weight excluding hydrogens is 583 g/mol. The SMILES string of the molecule is CN1CCN(c2cc3c(cc2F)c(=O)c(-c2noc(C(CCC(N)=O)c4ccccc4)n2)cn3Cc2ccc(Cl)cc2)CC1. The number of primary amides is 1. The van der Waals surface area contributed by atoms with Gasteiger partial charge in [-0.3, -0.25) is 9.59 Å². The number of benzene rings is 3. The maximum atomic E-state index is 15.7. The van der Waals surface area contributed by atoms with Gasteiger partial charge in [-0.25, -0.2) is 4.39 Å². The average molecular weight is 615 g/mol. The number of hydrogen-bond acceptors (Lipinski definition) is 7. The molecule has 3 aromatic carbocycles. The van der Waals surface area contributed by atoms with Crippen LogP contribution in [0.2, 0.25) is 5.02 Å². The van der Waals surface area contributed by atoms with E-state index in [0.29, 0.717) is 42.3 Å². The van der Waals surface area contributed by atoms with Gasteiger partial charge in [-0.05, 0) is 48.9 Å². The molecule has 1 amide bonds. The Bertz CT molecular complexity index is 1850. The van der Waals surface area contributed by atoms with Crippen LogP contribution in [0.15, 0.2) is 82.2 Å².